The lowest BCUT2D eigenvalue weighted by Crippen LogP contribution is -2.46. The van der Waals surface area contributed by atoms with Crippen molar-refractivity contribution in [1.82, 2.24) is 14.5 Å². The number of aromatic nitrogens is 2. The van der Waals surface area contributed by atoms with E-state index in [1.807, 2.05) is 30.3 Å². The SMILES string of the molecule is O=c1[nH]c(=O)n(Cc2ccccc2)c2c1CN(C1CCCC1)CN2. The van der Waals surface area contributed by atoms with Crippen molar-refractivity contribution in [3.63, 3.8) is 0 Å². The van der Waals surface area contributed by atoms with Gasteiger partial charge in [-0.1, -0.05) is 43.2 Å². The summed E-state index contributed by atoms with van der Waals surface area (Å²) in [6, 6.07) is 10.4. The van der Waals surface area contributed by atoms with Crippen LogP contribution in [-0.2, 0) is 13.1 Å². The maximum atomic E-state index is 12.3. The first-order chi connectivity index (χ1) is 11.7. The lowest BCUT2D eigenvalue weighted by molar-refractivity contribution is 0.194. The maximum absolute atomic E-state index is 12.3. The third kappa shape index (κ3) is 2.78. The van der Waals surface area contributed by atoms with E-state index >= 15 is 0 Å². The summed E-state index contributed by atoms with van der Waals surface area (Å²) in [6.07, 6.45) is 4.91. The second-order valence-corrected chi connectivity index (χ2v) is 6.68. The van der Waals surface area contributed by atoms with Gasteiger partial charge in [0.1, 0.15) is 5.82 Å². The minimum Gasteiger partial charge on any atom is -0.358 e. The summed E-state index contributed by atoms with van der Waals surface area (Å²) < 4.78 is 1.64. The Hall–Kier alpha value is -2.34. The van der Waals surface area contributed by atoms with Crippen molar-refractivity contribution < 1.29 is 0 Å². The molecule has 0 bridgehead atoms. The first-order valence-corrected chi connectivity index (χ1v) is 8.60. The van der Waals surface area contributed by atoms with Crippen LogP contribution in [0.2, 0.25) is 0 Å². The average molecular weight is 326 g/mol. The number of nitrogens with one attached hydrogen (secondary N) is 2. The standard InChI is InChI=1S/C18H22N4O2/c23-17-15-11-21(14-8-4-5-9-14)12-19-16(15)22(18(24)20-17)10-13-6-2-1-3-7-13/h1-3,6-7,14,19H,4-5,8-12H2,(H,20,23,24). The second kappa shape index (κ2) is 6.28. The predicted molar refractivity (Wildman–Crippen MR) is 93.2 cm³/mol. The molecule has 0 radical (unpaired) electrons. The maximum Gasteiger partial charge on any atom is 0.330 e. The highest BCUT2D eigenvalue weighted by molar-refractivity contribution is 5.46. The van der Waals surface area contributed by atoms with E-state index in [1.54, 1.807) is 4.57 Å². The molecule has 1 saturated carbocycles. The smallest absolute Gasteiger partial charge is 0.330 e. The number of fused-ring (bicyclic) bond motifs is 1. The third-order valence-corrected chi connectivity index (χ3v) is 5.13. The van der Waals surface area contributed by atoms with Crippen LogP contribution in [0.1, 0.15) is 36.8 Å². The van der Waals surface area contributed by atoms with Gasteiger partial charge in [0.25, 0.3) is 5.56 Å². The van der Waals surface area contributed by atoms with Gasteiger partial charge in [0.05, 0.1) is 18.8 Å². The highest BCUT2D eigenvalue weighted by Gasteiger charge is 2.29. The van der Waals surface area contributed by atoms with Crippen LogP contribution >= 0.6 is 0 Å². The Morgan fingerprint density at radius 1 is 1.08 bits per heavy atom. The molecule has 0 atom stereocenters. The fourth-order valence-corrected chi connectivity index (χ4v) is 3.84. The van der Waals surface area contributed by atoms with E-state index in [-0.39, 0.29) is 11.2 Å². The van der Waals surface area contributed by atoms with Gasteiger partial charge in [-0.05, 0) is 18.4 Å². The summed E-state index contributed by atoms with van der Waals surface area (Å²) in [4.78, 5) is 29.4. The monoisotopic (exact) mass is 326 g/mol. The zero-order chi connectivity index (χ0) is 16.5. The van der Waals surface area contributed by atoms with Gasteiger partial charge in [0.15, 0.2) is 0 Å². The van der Waals surface area contributed by atoms with E-state index in [2.05, 4.69) is 15.2 Å². The number of H-pyrrole nitrogens is 1. The van der Waals surface area contributed by atoms with Crippen LogP contribution in [0, 0.1) is 0 Å². The summed E-state index contributed by atoms with van der Waals surface area (Å²) in [7, 11) is 0. The van der Waals surface area contributed by atoms with E-state index in [0.29, 0.717) is 37.2 Å². The van der Waals surface area contributed by atoms with Crippen molar-refractivity contribution in [1.29, 1.82) is 0 Å². The molecule has 2 N–H and O–H groups in total. The Labute approximate surface area is 140 Å². The Morgan fingerprint density at radius 3 is 2.58 bits per heavy atom. The zero-order valence-corrected chi connectivity index (χ0v) is 13.6. The molecule has 2 aliphatic rings. The highest BCUT2D eigenvalue weighted by atomic mass is 16.2. The van der Waals surface area contributed by atoms with Crippen LogP contribution in [0.15, 0.2) is 39.9 Å². The molecule has 4 rings (SSSR count). The quantitative estimate of drug-likeness (QED) is 0.901. The molecule has 0 amide bonds. The normalized spacial score (nSPS) is 18.3. The molecule has 1 aromatic heterocycles. The molecule has 2 heterocycles. The number of anilines is 1. The zero-order valence-electron chi connectivity index (χ0n) is 13.6. The lowest BCUT2D eigenvalue weighted by Gasteiger charge is -2.34. The second-order valence-electron chi connectivity index (χ2n) is 6.68. The number of nitrogens with zero attached hydrogens (tertiary/aromatic N) is 2. The molecular weight excluding hydrogens is 304 g/mol. The number of aromatic amines is 1. The van der Waals surface area contributed by atoms with Crippen molar-refractivity contribution in [3.8, 4) is 0 Å². The summed E-state index contributed by atoms with van der Waals surface area (Å²) in [6.45, 7) is 1.75. The van der Waals surface area contributed by atoms with E-state index in [1.165, 1.54) is 25.7 Å². The van der Waals surface area contributed by atoms with Gasteiger partial charge in [0, 0.05) is 12.6 Å². The minimum absolute atomic E-state index is 0.269. The molecule has 6 heteroatoms. The van der Waals surface area contributed by atoms with Crippen LogP contribution in [-0.4, -0.2) is 27.2 Å². The molecule has 6 nitrogen and oxygen atoms in total. The third-order valence-electron chi connectivity index (χ3n) is 5.13. The Bertz CT molecular complexity index is 834. The predicted octanol–water partition coefficient (Wildman–Crippen LogP) is 1.71. The largest absolute Gasteiger partial charge is 0.358 e. The molecule has 1 aliphatic heterocycles. The molecule has 1 aromatic carbocycles. The summed E-state index contributed by atoms with van der Waals surface area (Å²) in [5, 5.41) is 3.33. The molecule has 0 spiro atoms. The van der Waals surface area contributed by atoms with Crippen LogP contribution < -0.4 is 16.6 Å². The Kier molecular flexibility index (Phi) is 3.98. The van der Waals surface area contributed by atoms with Gasteiger partial charge >= 0.3 is 5.69 Å². The van der Waals surface area contributed by atoms with Crippen molar-refractivity contribution in [2.45, 2.75) is 44.8 Å². The first-order valence-electron chi connectivity index (χ1n) is 8.60. The van der Waals surface area contributed by atoms with E-state index in [9.17, 15) is 9.59 Å². The topological polar surface area (TPSA) is 70.1 Å². The minimum atomic E-state index is -0.357. The van der Waals surface area contributed by atoms with Crippen molar-refractivity contribution in [2.75, 3.05) is 12.0 Å². The van der Waals surface area contributed by atoms with Crippen molar-refractivity contribution in [3.05, 3.63) is 62.3 Å². The van der Waals surface area contributed by atoms with Gasteiger partial charge in [-0.3, -0.25) is 19.2 Å². The first kappa shape index (κ1) is 15.2. The molecule has 1 aliphatic carbocycles. The van der Waals surface area contributed by atoms with Crippen molar-refractivity contribution >= 4 is 5.82 Å². The van der Waals surface area contributed by atoms with Gasteiger partial charge in [0.2, 0.25) is 0 Å². The molecule has 0 unspecified atom stereocenters. The van der Waals surface area contributed by atoms with Gasteiger partial charge in [-0.25, -0.2) is 4.79 Å². The van der Waals surface area contributed by atoms with Crippen LogP contribution in [0.4, 0.5) is 5.82 Å². The number of benzene rings is 1. The lowest BCUT2D eigenvalue weighted by atomic mass is 10.1. The molecule has 126 valence electrons. The Balaban J connectivity index is 1.69. The number of rotatable bonds is 3. The van der Waals surface area contributed by atoms with Crippen LogP contribution in [0.3, 0.4) is 0 Å². The summed E-state index contributed by atoms with van der Waals surface area (Å²) in [5.74, 6) is 0.668. The molecule has 0 saturated heterocycles. The molecule has 24 heavy (non-hydrogen) atoms. The summed E-state index contributed by atoms with van der Waals surface area (Å²) in [5.41, 5.74) is 1.08. The van der Waals surface area contributed by atoms with Crippen LogP contribution in [0.25, 0.3) is 0 Å². The van der Waals surface area contributed by atoms with E-state index < -0.39 is 0 Å². The van der Waals surface area contributed by atoms with Crippen molar-refractivity contribution in [2.24, 2.45) is 0 Å². The molecular formula is C18H22N4O2. The fraction of sp³-hybridized carbons (Fsp3) is 0.444. The highest BCUT2D eigenvalue weighted by Crippen LogP contribution is 2.27. The van der Waals surface area contributed by atoms with Gasteiger partial charge in [-0.2, -0.15) is 0 Å². The average Bonchev–Trinajstić information content (AvgIpc) is 3.14. The van der Waals surface area contributed by atoms with Gasteiger partial charge < -0.3 is 5.32 Å². The van der Waals surface area contributed by atoms with E-state index in [4.69, 9.17) is 0 Å². The van der Waals surface area contributed by atoms with E-state index in [0.717, 1.165) is 5.56 Å². The Morgan fingerprint density at radius 2 is 1.83 bits per heavy atom. The van der Waals surface area contributed by atoms with Gasteiger partial charge in [-0.15, -0.1) is 0 Å². The number of hydrogen-bond donors (Lipinski definition) is 2. The fourth-order valence-electron chi connectivity index (χ4n) is 3.84. The molecule has 2 aromatic rings. The summed E-state index contributed by atoms with van der Waals surface area (Å²) >= 11 is 0. The number of hydrogen-bond acceptors (Lipinski definition) is 4. The van der Waals surface area contributed by atoms with Crippen LogP contribution in [0.5, 0.6) is 0 Å². The molecule has 1 fully saturated rings.